The summed E-state index contributed by atoms with van der Waals surface area (Å²) >= 11 is 5.35. The van der Waals surface area contributed by atoms with Crippen molar-refractivity contribution in [2.75, 3.05) is 0 Å². The van der Waals surface area contributed by atoms with E-state index in [0.29, 0.717) is 5.75 Å². The molecule has 4 aromatic rings. The molecule has 1 N–H and O–H groups in total. The third-order valence-corrected chi connectivity index (χ3v) is 7.96. The molecule has 0 spiro atoms. The Morgan fingerprint density at radius 3 is 1.23 bits per heavy atom. The molecule has 0 fully saturated rings. The van der Waals surface area contributed by atoms with Crippen molar-refractivity contribution in [1.82, 2.24) is 0 Å². The summed E-state index contributed by atoms with van der Waals surface area (Å²) in [5.41, 5.74) is 3.26. The number of aromatic hydroxyl groups is 1. The fourth-order valence-electron chi connectivity index (χ4n) is 3.17. The van der Waals surface area contributed by atoms with Gasteiger partial charge in [0.25, 0.3) is 0 Å². The maximum absolute atomic E-state index is 11.0. The Labute approximate surface area is 197 Å². The van der Waals surface area contributed by atoms with Crippen LogP contribution < -0.4 is 0 Å². The fourth-order valence-corrected chi connectivity index (χ4v) is 5.81. The van der Waals surface area contributed by atoms with Crippen LogP contribution in [0.4, 0.5) is 0 Å². The SMILES string of the molecule is Oc1c(CSc2ccccc2)cc(CSc2ccccc2)cc1CSc1ccccc1. The average Bonchev–Trinajstić information content (AvgIpc) is 2.83. The number of benzene rings is 4. The third-order valence-electron chi connectivity index (χ3n) is 4.75. The minimum Gasteiger partial charge on any atom is -0.507 e. The van der Waals surface area contributed by atoms with Gasteiger partial charge in [0.15, 0.2) is 0 Å². The molecule has 0 saturated heterocycles. The van der Waals surface area contributed by atoms with Gasteiger partial charge in [-0.2, -0.15) is 0 Å². The van der Waals surface area contributed by atoms with Crippen LogP contribution in [0.3, 0.4) is 0 Å². The van der Waals surface area contributed by atoms with Gasteiger partial charge in [-0.25, -0.2) is 0 Å². The first-order valence-electron chi connectivity index (χ1n) is 10.1. The molecule has 0 heterocycles. The number of phenols is 1. The highest BCUT2D eigenvalue weighted by atomic mass is 32.2. The lowest BCUT2D eigenvalue weighted by molar-refractivity contribution is 0.465. The third kappa shape index (κ3) is 6.60. The van der Waals surface area contributed by atoms with Crippen molar-refractivity contribution in [3.63, 3.8) is 0 Å². The molecule has 0 aliphatic carbocycles. The maximum atomic E-state index is 11.0. The number of hydrogen-bond acceptors (Lipinski definition) is 4. The van der Waals surface area contributed by atoms with E-state index in [2.05, 4.69) is 84.9 Å². The van der Waals surface area contributed by atoms with Crippen molar-refractivity contribution in [1.29, 1.82) is 0 Å². The Kier molecular flexibility index (Phi) is 8.05. The van der Waals surface area contributed by atoms with Crippen LogP contribution in [-0.4, -0.2) is 5.11 Å². The highest BCUT2D eigenvalue weighted by Gasteiger charge is 2.12. The summed E-state index contributed by atoms with van der Waals surface area (Å²) in [6, 6.07) is 35.5. The minimum absolute atomic E-state index is 0.431. The van der Waals surface area contributed by atoms with Crippen molar-refractivity contribution in [2.24, 2.45) is 0 Å². The Bertz CT molecular complexity index is 1020. The summed E-state index contributed by atoms with van der Waals surface area (Å²) in [5, 5.41) is 11.0. The molecule has 0 aliphatic rings. The average molecular weight is 461 g/mol. The quantitative estimate of drug-likeness (QED) is 0.253. The summed E-state index contributed by atoms with van der Waals surface area (Å²) in [5.74, 6) is 2.82. The molecule has 0 amide bonds. The topological polar surface area (TPSA) is 20.2 Å². The lowest BCUT2D eigenvalue weighted by atomic mass is 10.1. The summed E-state index contributed by atoms with van der Waals surface area (Å²) in [7, 11) is 0. The molecular weight excluding hydrogens is 436 g/mol. The van der Waals surface area contributed by atoms with Gasteiger partial charge >= 0.3 is 0 Å². The van der Waals surface area contributed by atoms with Crippen LogP contribution in [-0.2, 0) is 17.3 Å². The van der Waals surface area contributed by atoms with Gasteiger partial charge in [0, 0.05) is 43.1 Å². The van der Waals surface area contributed by atoms with Gasteiger partial charge < -0.3 is 5.11 Å². The normalized spacial score (nSPS) is 10.8. The predicted octanol–water partition coefficient (Wildman–Crippen LogP) is 8.27. The monoisotopic (exact) mass is 460 g/mol. The molecule has 0 aliphatic heterocycles. The first-order chi connectivity index (χ1) is 15.3. The van der Waals surface area contributed by atoms with Crippen LogP contribution in [0.1, 0.15) is 16.7 Å². The zero-order valence-electron chi connectivity index (χ0n) is 17.1. The zero-order chi connectivity index (χ0) is 21.3. The van der Waals surface area contributed by atoms with Crippen molar-refractivity contribution < 1.29 is 5.11 Å². The first kappa shape index (κ1) is 21.9. The molecule has 1 nitrogen and oxygen atoms in total. The van der Waals surface area contributed by atoms with Crippen LogP contribution in [0.2, 0.25) is 0 Å². The Morgan fingerprint density at radius 1 is 0.484 bits per heavy atom. The predicted molar refractivity (Wildman–Crippen MR) is 136 cm³/mol. The summed E-state index contributed by atoms with van der Waals surface area (Å²) < 4.78 is 0. The minimum atomic E-state index is 0.431. The molecule has 0 aromatic heterocycles. The van der Waals surface area contributed by atoms with E-state index in [1.807, 2.05) is 30.0 Å². The highest BCUT2D eigenvalue weighted by Crippen LogP contribution is 2.36. The molecule has 0 saturated carbocycles. The second-order valence-electron chi connectivity index (χ2n) is 7.07. The smallest absolute Gasteiger partial charge is 0.123 e. The second-order valence-corrected chi connectivity index (χ2v) is 10.2. The van der Waals surface area contributed by atoms with Crippen molar-refractivity contribution >= 4 is 35.3 Å². The van der Waals surface area contributed by atoms with Gasteiger partial charge in [0.1, 0.15) is 5.75 Å². The molecule has 0 unspecified atom stereocenters. The molecule has 0 atom stereocenters. The summed E-state index contributed by atoms with van der Waals surface area (Å²) in [6.45, 7) is 0. The van der Waals surface area contributed by atoms with E-state index >= 15 is 0 Å². The van der Waals surface area contributed by atoms with Gasteiger partial charge in [0.2, 0.25) is 0 Å². The lowest BCUT2D eigenvalue weighted by Gasteiger charge is -2.14. The standard InChI is InChI=1S/C27H24OS3/c28-27-22(19-30-25-12-6-2-7-13-25)16-21(18-29-24-10-4-1-5-11-24)17-23(27)20-31-26-14-8-3-9-15-26/h1-17,28H,18-20H2. The van der Waals surface area contributed by atoms with Crippen LogP contribution in [0.25, 0.3) is 0 Å². The maximum Gasteiger partial charge on any atom is 0.123 e. The molecule has 4 rings (SSSR count). The van der Waals surface area contributed by atoms with E-state index in [1.54, 1.807) is 23.5 Å². The van der Waals surface area contributed by atoms with Crippen molar-refractivity contribution in [2.45, 2.75) is 31.9 Å². The van der Waals surface area contributed by atoms with E-state index in [4.69, 9.17) is 0 Å². The molecule has 4 heteroatoms. The van der Waals surface area contributed by atoms with Gasteiger partial charge in [-0.15, -0.1) is 35.3 Å². The van der Waals surface area contributed by atoms with Crippen LogP contribution in [0.5, 0.6) is 5.75 Å². The molecule has 156 valence electrons. The van der Waals surface area contributed by atoms with E-state index in [-0.39, 0.29) is 0 Å². The largest absolute Gasteiger partial charge is 0.507 e. The molecule has 31 heavy (non-hydrogen) atoms. The lowest BCUT2D eigenvalue weighted by Crippen LogP contribution is -1.94. The molecule has 0 bridgehead atoms. The Balaban J connectivity index is 1.54. The number of rotatable bonds is 9. The fraction of sp³-hybridized carbons (Fsp3) is 0.111. The van der Waals surface area contributed by atoms with Crippen LogP contribution in [0, 0.1) is 0 Å². The number of hydrogen-bond donors (Lipinski definition) is 1. The second kappa shape index (κ2) is 11.4. The van der Waals surface area contributed by atoms with E-state index < -0.39 is 0 Å². The van der Waals surface area contributed by atoms with Crippen LogP contribution in [0.15, 0.2) is 118 Å². The Morgan fingerprint density at radius 2 is 0.839 bits per heavy atom. The molecule has 0 radical (unpaired) electrons. The van der Waals surface area contributed by atoms with Gasteiger partial charge in [-0.3, -0.25) is 0 Å². The van der Waals surface area contributed by atoms with Crippen molar-refractivity contribution in [3.8, 4) is 5.75 Å². The van der Waals surface area contributed by atoms with E-state index in [1.165, 1.54) is 20.2 Å². The Hall–Kier alpha value is -2.27. The molecule has 4 aromatic carbocycles. The number of thioether (sulfide) groups is 3. The van der Waals surface area contributed by atoms with Gasteiger partial charge in [-0.05, 0) is 42.0 Å². The summed E-state index contributed by atoms with van der Waals surface area (Å²) in [6.07, 6.45) is 0. The van der Waals surface area contributed by atoms with Crippen LogP contribution >= 0.6 is 35.3 Å². The summed E-state index contributed by atoms with van der Waals surface area (Å²) in [4.78, 5) is 3.69. The zero-order valence-corrected chi connectivity index (χ0v) is 19.6. The van der Waals surface area contributed by atoms with Gasteiger partial charge in [-0.1, -0.05) is 66.7 Å². The van der Waals surface area contributed by atoms with Gasteiger partial charge in [0.05, 0.1) is 0 Å². The molecular formula is C27H24OS3. The number of phenolic OH excluding ortho intramolecular Hbond substituents is 1. The van der Waals surface area contributed by atoms with E-state index in [9.17, 15) is 5.11 Å². The first-order valence-corrected chi connectivity index (χ1v) is 13.1. The van der Waals surface area contributed by atoms with Crippen molar-refractivity contribution in [3.05, 3.63) is 120 Å². The van der Waals surface area contributed by atoms with E-state index in [0.717, 1.165) is 28.4 Å². The highest BCUT2D eigenvalue weighted by molar-refractivity contribution is 7.99.